The van der Waals surface area contributed by atoms with Crippen LogP contribution >= 0.6 is 0 Å². The molecule has 116 valence electrons. The lowest BCUT2D eigenvalue weighted by atomic mass is 9.93. The average molecular weight is 305 g/mol. The average Bonchev–Trinajstić information content (AvgIpc) is 2.99. The van der Waals surface area contributed by atoms with Crippen LogP contribution in [0.1, 0.15) is 13.2 Å². The summed E-state index contributed by atoms with van der Waals surface area (Å²) in [5, 5.41) is 30.5. The second-order valence-corrected chi connectivity index (χ2v) is 5.20. The van der Waals surface area contributed by atoms with E-state index in [4.69, 9.17) is 16.9 Å². The first-order chi connectivity index (χ1) is 10.4. The SMILES string of the molecule is C#C[C@@]1(O)C(O)[C@@H]([C@@H](C)O)O[C@H]1n1cnc2cnc(N)nc21. The number of aliphatic hydroxyl groups is 3. The molecule has 5 N–H and O–H groups in total. The standard InChI is InChI=1S/C13H15N5O4/c1-3-13(21)9(20)8(6(2)19)22-11(13)18-5-16-7-4-15-12(14)17-10(7)18/h1,4-6,8-9,11,19-21H,2H3,(H2,14,15,17)/t6-,8-,9?,11-,13-/m1/s1. The molecule has 0 spiro atoms. The zero-order chi connectivity index (χ0) is 16.1. The van der Waals surface area contributed by atoms with Crippen molar-refractivity contribution in [1.29, 1.82) is 0 Å². The van der Waals surface area contributed by atoms with Gasteiger partial charge in [0.25, 0.3) is 0 Å². The van der Waals surface area contributed by atoms with E-state index in [9.17, 15) is 15.3 Å². The van der Waals surface area contributed by atoms with Gasteiger partial charge in [0.15, 0.2) is 17.5 Å². The Kier molecular flexibility index (Phi) is 3.26. The predicted octanol–water partition coefficient (Wildman–Crippen LogP) is -1.59. The topological polar surface area (TPSA) is 140 Å². The monoisotopic (exact) mass is 305 g/mol. The summed E-state index contributed by atoms with van der Waals surface area (Å²) in [6.07, 6.45) is 3.41. The maximum atomic E-state index is 10.6. The Hall–Kier alpha value is -2.25. The van der Waals surface area contributed by atoms with E-state index in [0.717, 1.165) is 0 Å². The van der Waals surface area contributed by atoms with Crippen LogP contribution in [0.2, 0.25) is 0 Å². The van der Waals surface area contributed by atoms with Crippen LogP contribution in [0.5, 0.6) is 0 Å². The molecule has 0 aromatic carbocycles. The molecule has 9 nitrogen and oxygen atoms in total. The zero-order valence-corrected chi connectivity index (χ0v) is 11.7. The molecule has 1 aliphatic heterocycles. The van der Waals surface area contributed by atoms with E-state index in [2.05, 4.69) is 20.9 Å². The molecule has 0 amide bonds. The largest absolute Gasteiger partial charge is 0.391 e. The van der Waals surface area contributed by atoms with E-state index in [1.165, 1.54) is 24.0 Å². The highest BCUT2D eigenvalue weighted by atomic mass is 16.6. The number of hydrogen-bond acceptors (Lipinski definition) is 8. The van der Waals surface area contributed by atoms with Crippen LogP contribution < -0.4 is 5.73 Å². The maximum Gasteiger partial charge on any atom is 0.222 e. The summed E-state index contributed by atoms with van der Waals surface area (Å²) >= 11 is 0. The van der Waals surface area contributed by atoms with Gasteiger partial charge in [-0.3, -0.25) is 4.57 Å². The first kappa shape index (κ1) is 14.7. The first-order valence-corrected chi connectivity index (χ1v) is 6.55. The van der Waals surface area contributed by atoms with Gasteiger partial charge in [0.2, 0.25) is 5.95 Å². The van der Waals surface area contributed by atoms with Gasteiger partial charge in [-0.05, 0) is 6.92 Å². The Morgan fingerprint density at radius 2 is 2.27 bits per heavy atom. The number of aliphatic hydroxyl groups excluding tert-OH is 2. The Morgan fingerprint density at radius 1 is 1.55 bits per heavy atom. The van der Waals surface area contributed by atoms with Crippen molar-refractivity contribution < 1.29 is 20.1 Å². The summed E-state index contributed by atoms with van der Waals surface area (Å²) < 4.78 is 6.92. The minimum absolute atomic E-state index is 0.0177. The number of anilines is 1. The molecule has 3 heterocycles. The number of rotatable bonds is 2. The van der Waals surface area contributed by atoms with Crippen LogP contribution in [-0.2, 0) is 4.74 Å². The molecule has 22 heavy (non-hydrogen) atoms. The molecule has 1 saturated heterocycles. The number of aromatic nitrogens is 4. The molecule has 3 rings (SSSR count). The summed E-state index contributed by atoms with van der Waals surface area (Å²) in [6, 6.07) is 0. The summed E-state index contributed by atoms with van der Waals surface area (Å²) in [5.41, 5.74) is 4.23. The third-order valence-electron chi connectivity index (χ3n) is 3.72. The minimum Gasteiger partial charge on any atom is -0.391 e. The molecule has 2 aromatic rings. The van der Waals surface area contributed by atoms with Gasteiger partial charge in [-0.25, -0.2) is 9.97 Å². The first-order valence-electron chi connectivity index (χ1n) is 6.55. The van der Waals surface area contributed by atoms with Crippen LogP contribution in [0, 0.1) is 12.3 Å². The lowest BCUT2D eigenvalue weighted by Crippen LogP contribution is -2.47. The molecule has 9 heteroatoms. The highest BCUT2D eigenvalue weighted by Gasteiger charge is 2.57. The van der Waals surface area contributed by atoms with Crippen LogP contribution in [-0.4, -0.2) is 58.8 Å². The normalized spacial score (nSPS) is 33.0. The fourth-order valence-electron chi connectivity index (χ4n) is 2.55. The molecule has 0 bridgehead atoms. The fraction of sp³-hybridized carbons (Fsp3) is 0.462. The lowest BCUT2D eigenvalue weighted by Gasteiger charge is -2.26. The Labute approximate surface area is 125 Å². The molecular formula is C13H15N5O4. The zero-order valence-electron chi connectivity index (χ0n) is 11.7. The Balaban J connectivity index is 2.13. The minimum atomic E-state index is -2.05. The number of terminal acetylenes is 1. The molecule has 1 aliphatic rings. The summed E-state index contributed by atoms with van der Waals surface area (Å²) in [5.74, 6) is 2.16. The quantitative estimate of drug-likeness (QED) is 0.487. The van der Waals surface area contributed by atoms with Crippen molar-refractivity contribution in [1.82, 2.24) is 19.5 Å². The number of fused-ring (bicyclic) bond motifs is 1. The molecule has 2 aromatic heterocycles. The van der Waals surface area contributed by atoms with E-state index >= 15 is 0 Å². The van der Waals surface area contributed by atoms with Crippen molar-refractivity contribution in [2.75, 3.05) is 5.73 Å². The fourth-order valence-corrected chi connectivity index (χ4v) is 2.55. The summed E-state index contributed by atoms with van der Waals surface area (Å²) in [4.78, 5) is 11.9. The second kappa shape index (κ2) is 4.89. The van der Waals surface area contributed by atoms with Crippen molar-refractivity contribution in [3.8, 4) is 12.3 Å². The van der Waals surface area contributed by atoms with Gasteiger partial charge in [-0.1, -0.05) is 5.92 Å². The molecule has 5 atom stereocenters. The lowest BCUT2D eigenvalue weighted by molar-refractivity contribution is -0.0846. The van der Waals surface area contributed by atoms with Crippen molar-refractivity contribution in [3.05, 3.63) is 12.5 Å². The van der Waals surface area contributed by atoms with E-state index < -0.39 is 30.1 Å². The van der Waals surface area contributed by atoms with Crippen LogP contribution in [0.4, 0.5) is 5.95 Å². The number of imidazole rings is 1. The molecule has 1 fully saturated rings. The molecule has 0 radical (unpaired) electrons. The molecule has 0 aliphatic carbocycles. The molecular weight excluding hydrogens is 290 g/mol. The van der Waals surface area contributed by atoms with Gasteiger partial charge < -0.3 is 25.8 Å². The highest BCUT2D eigenvalue weighted by Crippen LogP contribution is 2.40. The van der Waals surface area contributed by atoms with Crippen molar-refractivity contribution >= 4 is 17.1 Å². The molecule has 0 saturated carbocycles. The number of nitrogens with two attached hydrogens (primary N) is 1. The van der Waals surface area contributed by atoms with E-state index in [1.807, 2.05) is 0 Å². The van der Waals surface area contributed by atoms with Gasteiger partial charge in [0, 0.05) is 0 Å². The Morgan fingerprint density at radius 3 is 2.91 bits per heavy atom. The van der Waals surface area contributed by atoms with Crippen molar-refractivity contribution in [2.45, 2.75) is 37.1 Å². The van der Waals surface area contributed by atoms with Gasteiger partial charge in [-0.2, -0.15) is 4.98 Å². The summed E-state index contributed by atoms with van der Waals surface area (Å²) in [6.45, 7) is 1.43. The molecule has 1 unspecified atom stereocenters. The van der Waals surface area contributed by atoms with Crippen molar-refractivity contribution in [3.63, 3.8) is 0 Å². The summed E-state index contributed by atoms with van der Waals surface area (Å²) in [7, 11) is 0. The van der Waals surface area contributed by atoms with E-state index in [0.29, 0.717) is 11.2 Å². The van der Waals surface area contributed by atoms with Gasteiger partial charge >= 0.3 is 0 Å². The number of nitrogens with zero attached hydrogens (tertiary/aromatic N) is 4. The smallest absolute Gasteiger partial charge is 0.222 e. The highest BCUT2D eigenvalue weighted by molar-refractivity contribution is 5.70. The third-order valence-corrected chi connectivity index (χ3v) is 3.72. The predicted molar refractivity (Wildman–Crippen MR) is 75.1 cm³/mol. The number of nitrogen functional groups attached to an aromatic ring is 1. The number of hydrogen-bond donors (Lipinski definition) is 4. The van der Waals surface area contributed by atoms with Gasteiger partial charge in [-0.15, -0.1) is 6.42 Å². The van der Waals surface area contributed by atoms with Gasteiger partial charge in [0.05, 0.1) is 18.6 Å². The van der Waals surface area contributed by atoms with Gasteiger partial charge in [0.1, 0.15) is 17.7 Å². The van der Waals surface area contributed by atoms with E-state index in [-0.39, 0.29) is 5.95 Å². The van der Waals surface area contributed by atoms with Crippen LogP contribution in [0.25, 0.3) is 11.2 Å². The Bertz CT molecular complexity index is 754. The van der Waals surface area contributed by atoms with E-state index in [1.54, 1.807) is 0 Å². The maximum absolute atomic E-state index is 10.6. The number of ether oxygens (including phenoxy) is 1. The van der Waals surface area contributed by atoms with Crippen LogP contribution in [0.3, 0.4) is 0 Å². The third kappa shape index (κ3) is 1.93. The second-order valence-electron chi connectivity index (χ2n) is 5.20. The van der Waals surface area contributed by atoms with Crippen LogP contribution in [0.15, 0.2) is 12.5 Å². The van der Waals surface area contributed by atoms with Crippen molar-refractivity contribution in [2.24, 2.45) is 0 Å².